The molecule has 3 nitrogen and oxygen atoms in total. The first kappa shape index (κ1) is 15.4. The molecule has 0 bridgehead atoms. The van der Waals surface area contributed by atoms with Crippen LogP contribution in [-0.2, 0) is 10.9 Å². The van der Waals surface area contributed by atoms with E-state index in [4.69, 9.17) is 16.3 Å². The first-order valence-corrected chi connectivity index (χ1v) is 6.80. The molecule has 0 radical (unpaired) electrons. The summed E-state index contributed by atoms with van der Waals surface area (Å²) in [4.78, 5) is 3.79. The van der Waals surface area contributed by atoms with Gasteiger partial charge in [0.05, 0.1) is 16.7 Å². The van der Waals surface area contributed by atoms with E-state index in [0.29, 0.717) is 5.82 Å². The van der Waals surface area contributed by atoms with Gasteiger partial charge in [0.15, 0.2) is 0 Å². The second-order valence-electron chi connectivity index (χ2n) is 4.92. The van der Waals surface area contributed by atoms with E-state index in [1.807, 2.05) is 0 Å². The molecule has 2 atom stereocenters. The predicted octanol–water partition coefficient (Wildman–Crippen LogP) is 4.12. The van der Waals surface area contributed by atoms with E-state index in [9.17, 15) is 13.2 Å². The minimum Gasteiger partial charge on any atom is -0.381 e. The zero-order valence-corrected chi connectivity index (χ0v) is 11.8. The van der Waals surface area contributed by atoms with E-state index in [2.05, 4.69) is 10.3 Å². The van der Waals surface area contributed by atoms with Gasteiger partial charge in [-0.15, -0.1) is 0 Å². The van der Waals surface area contributed by atoms with E-state index in [-0.39, 0.29) is 17.2 Å². The summed E-state index contributed by atoms with van der Waals surface area (Å²) in [6.07, 6.45) is 0.284. The Labute approximate surface area is 120 Å². The fraction of sp³-hybridized carbons (Fsp3) is 0.615. The van der Waals surface area contributed by atoms with Crippen LogP contribution >= 0.6 is 11.6 Å². The molecular weight excluding hydrogens is 293 g/mol. The highest BCUT2D eigenvalue weighted by atomic mass is 35.5. The van der Waals surface area contributed by atoms with Gasteiger partial charge in [0.1, 0.15) is 5.82 Å². The normalized spacial score (nSPS) is 23.6. The SMILES string of the molecule is COC1CCCC(Nc2ncc(C(F)(F)F)cc2Cl)C1. The summed E-state index contributed by atoms with van der Waals surface area (Å²) in [5.41, 5.74) is -0.841. The summed E-state index contributed by atoms with van der Waals surface area (Å²) in [6.45, 7) is 0. The van der Waals surface area contributed by atoms with Crippen LogP contribution in [0.2, 0.25) is 5.02 Å². The Kier molecular flexibility index (Phi) is 4.75. The molecule has 0 spiro atoms. The second kappa shape index (κ2) is 6.18. The minimum absolute atomic E-state index is 0.0145. The molecule has 0 aromatic carbocycles. The van der Waals surface area contributed by atoms with Crippen molar-refractivity contribution in [2.45, 2.75) is 44.0 Å². The van der Waals surface area contributed by atoms with Crippen molar-refractivity contribution in [2.75, 3.05) is 12.4 Å². The molecule has 1 heterocycles. The van der Waals surface area contributed by atoms with Crippen molar-refractivity contribution >= 4 is 17.4 Å². The molecule has 7 heteroatoms. The number of nitrogens with zero attached hydrogens (tertiary/aromatic N) is 1. The zero-order valence-electron chi connectivity index (χ0n) is 11.0. The maximum atomic E-state index is 12.5. The van der Waals surface area contributed by atoms with Gasteiger partial charge < -0.3 is 10.1 Å². The predicted molar refractivity (Wildman–Crippen MR) is 70.9 cm³/mol. The number of methoxy groups -OCH3 is 1. The van der Waals surface area contributed by atoms with Crippen LogP contribution in [0.4, 0.5) is 19.0 Å². The Morgan fingerprint density at radius 2 is 2.15 bits per heavy atom. The average molecular weight is 309 g/mol. The van der Waals surface area contributed by atoms with Gasteiger partial charge in [-0.1, -0.05) is 11.6 Å². The third-order valence-corrected chi connectivity index (χ3v) is 3.76. The molecule has 0 amide bonds. The van der Waals surface area contributed by atoms with Gasteiger partial charge in [-0.25, -0.2) is 4.98 Å². The first-order valence-electron chi connectivity index (χ1n) is 6.42. The second-order valence-corrected chi connectivity index (χ2v) is 5.32. The van der Waals surface area contributed by atoms with Gasteiger partial charge in [0.2, 0.25) is 0 Å². The van der Waals surface area contributed by atoms with Crippen molar-refractivity contribution in [1.29, 1.82) is 0 Å². The Bertz CT molecular complexity index is 467. The van der Waals surface area contributed by atoms with E-state index in [1.54, 1.807) is 7.11 Å². The fourth-order valence-corrected chi connectivity index (χ4v) is 2.60. The third-order valence-electron chi connectivity index (χ3n) is 3.47. The van der Waals surface area contributed by atoms with Crippen molar-refractivity contribution < 1.29 is 17.9 Å². The van der Waals surface area contributed by atoms with Crippen molar-refractivity contribution in [1.82, 2.24) is 4.98 Å². The Morgan fingerprint density at radius 1 is 1.40 bits per heavy atom. The smallest absolute Gasteiger partial charge is 0.381 e. The molecule has 1 N–H and O–H groups in total. The topological polar surface area (TPSA) is 34.1 Å². The van der Waals surface area contributed by atoms with E-state index < -0.39 is 11.7 Å². The van der Waals surface area contributed by atoms with Gasteiger partial charge in [0, 0.05) is 19.3 Å². The largest absolute Gasteiger partial charge is 0.417 e. The highest BCUT2D eigenvalue weighted by molar-refractivity contribution is 6.33. The monoisotopic (exact) mass is 308 g/mol. The number of hydrogen-bond acceptors (Lipinski definition) is 3. The molecule has 1 aromatic rings. The lowest BCUT2D eigenvalue weighted by atomic mass is 9.93. The summed E-state index contributed by atoms with van der Waals surface area (Å²) < 4.78 is 42.9. The number of halogens is 4. The first-order chi connectivity index (χ1) is 9.40. The van der Waals surface area contributed by atoms with Crippen LogP contribution in [0.25, 0.3) is 0 Å². The molecule has 1 aliphatic rings. The summed E-state index contributed by atoms with van der Waals surface area (Å²) >= 11 is 5.87. The Hall–Kier alpha value is -1.01. The van der Waals surface area contributed by atoms with Crippen LogP contribution in [-0.4, -0.2) is 24.2 Å². The maximum Gasteiger partial charge on any atom is 0.417 e. The van der Waals surface area contributed by atoms with Gasteiger partial charge in [-0.05, 0) is 31.7 Å². The van der Waals surface area contributed by atoms with Crippen LogP contribution in [0.1, 0.15) is 31.2 Å². The average Bonchev–Trinajstić information content (AvgIpc) is 2.40. The molecule has 2 rings (SSSR count). The fourth-order valence-electron chi connectivity index (χ4n) is 2.38. The zero-order chi connectivity index (χ0) is 14.8. The molecule has 0 saturated heterocycles. The van der Waals surface area contributed by atoms with Crippen LogP contribution in [0.5, 0.6) is 0 Å². The van der Waals surface area contributed by atoms with Crippen molar-refractivity contribution in [3.63, 3.8) is 0 Å². The number of alkyl halides is 3. The van der Waals surface area contributed by atoms with E-state index in [0.717, 1.165) is 37.9 Å². The Morgan fingerprint density at radius 3 is 2.75 bits per heavy atom. The highest BCUT2D eigenvalue weighted by Crippen LogP contribution is 2.33. The van der Waals surface area contributed by atoms with Crippen LogP contribution in [0.15, 0.2) is 12.3 Å². The molecule has 2 unspecified atom stereocenters. The molecule has 1 fully saturated rings. The number of aromatic nitrogens is 1. The quantitative estimate of drug-likeness (QED) is 0.912. The van der Waals surface area contributed by atoms with Crippen molar-refractivity contribution in [2.24, 2.45) is 0 Å². The molecule has 20 heavy (non-hydrogen) atoms. The van der Waals surface area contributed by atoms with Gasteiger partial charge in [0.25, 0.3) is 0 Å². The van der Waals surface area contributed by atoms with Crippen molar-refractivity contribution in [3.8, 4) is 0 Å². The summed E-state index contributed by atoms with van der Waals surface area (Å²) in [5, 5.41) is 3.09. The lowest BCUT2D eigenvalue weighted by molar-refractivity contribution is -0.137. The molecule has 1 saturated carbocycles. The molecule has 112 valence electrons. The number of rotatable bonds is 3. The highest BCUT2D eigenvalue weighted by Gasteiger charge is 2.32. The Balaban J connectivity index is 2.06. The van der Waals surface area contributed by atoms with E-state index in [1.165, 1.54) is 0 Å². The lowest BCUT2D eigenvalue weighted by Crippen LogP contribution is -2.31. The van der Waals surface area contributed by atoms with Gasteiger partial charge in [-0.2, -0.15) is 13.2 Å². The maximum absolute atomic E-state index is 12.5. The van der Waals surface area contributed by atoms with Crippen LogP contribution in [0.3, 0.4) is 0 Å². The van der Waals surface area contributed by atoms with E-state index >= 15 is 0 Å². The summed E-state index contributed by atoms with van der Waals surface area (Å²) in [7, 11) is 1.66. The molecule has 0 aliphatic heterocycles. The molecule has 1 aliphatic carbocycles. The van der Waals surface area contributed by atoms with Crippen LogP contribution < -0.4 is 5.32 Å². The number of pyridine rings is 1. The lowest BCUT2D eigenvalue weighted by Gasteiger charge is -2.29. The minimum atomic E-state index is -4.43. The van der Waals surface area contributed by atoms with Crippen LogP contribution in [0, 0.1) is 0 Å². The number of anilines is 1. The number of ether oxygens (including phenoxy) is 1. The summed E-state index contributed by atoms with van der Waals surface area (Å²) in [6, 6.07) is 1.02. The molecule has 1 aromatic heterocycles. The van der Waals surface area contributed by atoms with Gasteiger partial charge >= 0.3 is 6.18 Å². The standard InChI is InChI=1S/C13H16ClF3N2O/c1-20-10-4-2-3-9(6-10)19-12-11(14)5-8(7-18-12)13(15,16)17/h5,7,9-10H,2-4,6H2,1H3,(H,18,19). The number of hydrogen-bond donors (Lipinski definition) is 1. The third kappa shape index (κ3) is 3.76. The summed E-state index contributed by atoms with van der Waals surface area (Å²) in [5.74, 6) is 0.293. The van der Waals surface area contributed by atoms with Gasteiger partial charge in [-0.3, -0.25) is 0 Å². The number of nitrogens with one attached hydrogen (secondary N) is 1. The van der Waals surface area contributed by atoms with Crippen molar-refractivity contribution in [3.05, 3.63) is 22.8 Å². The molecular formula is C13H16ClF3N2O.